The third-order valence-corrected chi connectivity index (χ3v) is 5.63. The number of nitrogens with zero attached hydrogens (tertiary/aromatic N) is 1. The summed E-state index contributed by atoms with van der Waals surface area (Å²) in [5, 5.41) is 0. The molecule has 2 aromatic carbocycles. The second-order valence-electron chi connectivity index (χ2n) is 4.88. The minimum Gasteiger partial charge on any atom is -0.496 e. The summed E-state index contributed by atoms with van der Waals surface area (Å²) in [5.74, 6) is 0.566. The number of methoxy groups -OCH3 is 1. The summed E-state index contributed by atoms with van der Waals surface area (Å²) < 4.78 is 7.68. The zero-order valence-corrected chi connectivity index (χ0v) is 17.3. The molecule has 0 spiro atoms. The van der Waals surface area contributed by atoms with E-state index < -0.39 is 0 Å². The van der Waals surface area contributed by atoms with Gasteiger partial charge in [0, 0.05) is 14.5 Å². The van der Waals surface area contributed by atoms with Crippen LogP contribution in [0.5, 0.6) is 5.75 Å². The quantitative estimate of drug-likeness (QED) is 0.417. The van der Waals surface area contributed by atoms with Gasteiger partial charge in [-0.05, 0) is 42.5 Å². The number of thiocarbonyl (C=S) groups is 1. The van der Waals surface area contributed by atoms with Crippen molar-refractivity contribution in [1.82, 2.24) is 0 Å². The van der Waals surface area contributed by atoms with Crippen molar-refractivity contribution < 1.29 is 9.53 Å². The molecule has 7 heteroatoms. The minimum atomic E-state index is -0.134. The normalized spacial score (nSPS) is 16.1. The highest BCUT2D eigenvalue weighted by Crippen LogP contribution is 2.38. The Kier molecular flexibility index (Phi) is 5.44. The predicted octanol–water partition coefficient (Wildman–Crippen LogP) is 5.63. The fraction of sp³-hybridized carbons (Fsp3) is 0.0588. The summed E-state index contributed by atoms with van der Waals surface area (Å²) in [6.45, 7) is 0. The molecule has 3 nitrogen and oxygen atoms in total. The standard InChI is InChI=1S/C17H11Br2NO2S2/c1-22-14-6-5-12(19)7-10(14)8-15-16(21)20(17(23)24-15)13-4-2-3-11(18)9-13/h2-9H,1H3/b15-8+. The Hall–Kier alpha value is -1.15. The molecule has 0 atom stereocenters. The number of hydrogen-bond acceptors (Lipinski definition) is 4. The van der Waals surface area contributed by atoms with E-state index >= 15 is 0 Å². The largest absolute Gasteiger partial charge is 0.496 e. The van der Waals surface area contributed by atoms with Crippen LogP contribution in [-0.2, 0) is 4.79 Å². The number of hydrogen-bond donors (Lipinski definition) is 0. The Labute approximate surface area is 166 Å². The average molecular weight is 485 g/mol. The van der Waals surface area contributed by atoms with E-state index in [9.17, 15) is 4.79 Å². The van der Waals surface area contributed by atoms with Crippen LogP contribution in [0.25, 0.3) is 6.08 Å². The van der Waals surface area contributed by atoms with E-state index in [0.29, 0.717) is 15.0 Å². The maximum absolute atomic E-state index is 12.8. The van der Waals surface area contributed by atoms with Gasteiger partial charge in [-0.25, -0.2) is 0 Å². The number of ether oxygens (including phenoxy) is 1. The van der Waals surface area contributed by atoms with E-state index in [1.54, 1.807) is 18.1 Å². The fourth-order valence-corrected chi connectivity index (χ4v) is 4.32. The van der Waals surface area contributed by atoms with E-state index in [-0.39, 0.29) is 5.91 Å². The molecule has 0 aliphatic carbocycles. The molecule has 3 rings (SSSR count). The van der Waals surface area contributed by atoms with Crippen LogP contribution in [0, 0.1) is 0 Å². The van der Waals surface area contributed by atoms with Crippen LogP contribution in [-0.4, -0.2) is 17.3 Å². The van der Waals surface area contributed by atoms with Crippen molar-refractivity contribution >= 4 is 77.8 Å². The summed E-state index contributed by atoms with van der Waals surface area (Å²) in [6, 6.07) is 13.2. The maximum Gasteiger partial charge on any atom is 0.270 e. The van der Waals surface area contributed by atoms with Crippen LogP contribution < -0.4 is 9.64 Å². The molecule has 0 radical (unpaired) electrons. The number of thioether (sulfide) groups is 1. The van der Waals surface area contributed by atoms with Gasteiger partial charge in [-0.15, -0.1) is 0 Å². The highest BCUT2D eigenvalue weighted by atomic mass is 79.9. The zero-order valence-electron chi connectivity index (χ0n) is 12.5. The Morgan fingerprint density at radius 1 is 1.17 bits per heavy atom. The first-order valence-electron chi connectivity index (χ1n) is 6.86. The molecule has 1 fully saturated rings. The van der Waals surface area contributed by atoms with Crippen LogP contribution in [0.3, 0.4) is 0 Å². The molecule has 0 aromatic heterocycles. The molecule has 0 bridgehead atoms. The Morgan fingerprint density at radius 3 is 2.62 bits per heavy atom. The molecule has 1 saturated heterocycles. The second kappa shape index (κ2) is 7.39. The van der Waals surface area contributed by atoms with Crippen LogP contribution in [0.4, 0.5) is 5.69 Å². The van der Waals surface area contributed by atoms with Crippen LogP contribution in [0.2, 0.25) is 0 Å². The van der Waals surface area contributed by atoms with Gasteiger partial charge >= 0.3 is 0 Å². The lowest BCUT2D eigenvalue weighted by molar-refractivity contribution is -0.113. The molecule has 0 N–H and O–H groups in total. The average Bonchev–Trinajstić information content (AvgIpc) is 2.81. The predicted molar refractivity (Wildman–Crippen MR) is 110 cm³/mol. The van der Waals surface area contributed by atoms with Gasteiger partial charge in [0.15, 0.2) is 4.32 Å². The topological polar surface area (TPSA) is 29.5 Å². The van der Waals surface area contributed by atoms with Crippen molar-refractivity contribution in [3.63, 3.8) is 0 Å². The maximum atomic E-state index is 12.8. The second-order valence-corrected chi connectivity index (χ2v) is 8.39. The Balaban J connectivity index is 1.99. The highest BCUT2D eigenvalue weighted by molar-refractivity contribution is 9.10. The molecule has 1 aliphatic rings. The lowest BCUT2D eigenvalue weighted by Crippen LogP contribution is -2.27. The summed E-state index contributed by atoms with van der Waals surface area (Å²) >= 11 is 13.5. The Morgan fingerprint density at radius 2 is 1.92 bits per heavy atom. The SMILES string of the molecule is COc1ccc(Br)cc1/C=C1/SC(=S)N(c2cccc(Br)c2)C1=O. The van der Waals surface area contributed by atoms with Crippen LogP contribution in [0.15, 0.2) is 56.3 Å². The van der Waals surface area contributed by atoms with Crippen molar-refractivity contribution in [2.24, 2.45) is 0 Å². The van der Waals surface area contributed by atoms with Gasteiger partial charge in [-0.1, -0.05) is 61.9 Å². The van der Waals surface area contributed by atoms with E-state index in [4.69, 9.17) is 17.0 Å². The monoisotopic (exact) mass is 483 g/mol. The molecule has 1 aliphatic heterocycles. The number of benzene rings is 2. The van der Waals surface area contributed by atoms with Crippen molar-refractivity contribution in [1.29, 1.82) is 0 Å². The molecule has 2 aromatic rings. The van der Waals surface area contributed by atoms with Crippen molar-refractivity contribution in [3.05, 3.63) is 61.9 Å². The van der Waals surface area contributed by atoms with Gasteiger partial charge in [0.25, 0.3) is 5.91 Å². The number of carbonyl (C=O) groups is 1. The number of carbonyl (C=O) groups excluding carboxylic acids is 1. The molecule has 24 heavy (non-hydrogen) atoms. The molecular weight excluding hydrogens is 474 g/mol. The molecule has 0 unspecified atom stereocenters. The molecule has 1 heterocycles. The summed E-state index contributed by atoms with van der Waals surface area (Å²) in [7, 11) is 1.60. The van der Waals surface area contributed by atoms with E-state index in [2.05, 4.69) is 31.9 Å². The molecule has 0 saturated carbocycles. The van der Waals surface area contributed by atoms with Crippen molar-refractivity contribution in [3.8, 4) is 5.75 Å². The summed E-state index contributed by atoms with van der Waals surface area (Å²) in [6.07, 6.45) is 1.81. The minimum absolute atomic E-state index is 0.134. The van der Waals surface area contributed by atoms with Crippen LogP contribution in [0.1, 0.15) is 5.56 Å². The smallest absolute Gasteiger partial charge is 0.270 e. The lowest BCUT2D eigenvalue weighted by atomic mass is 10.2. The van der Waals surface area contributed by atoms with E-state index in [1.807, 2.05) is 42.5 Å². The number of anilines is 1. The van der Waals surface area contributed by atoms with Gasteiger partial charge < -0.3 is 4.74 Å². The van der Waals surface area contributed by atoms with Crippen LogP contribution >= 0.6 is 55.8 Å². The number of amides is 1. The number of rotatable bonds is 3. The fourth-order valence-electron chi connectivity index (χ4n) is 2.26. The first kappa shape index (κ1) is 17.7. The first-order valence-corrected chi connectivity index (χ1v) is 9.68. The molecule has 1 amide bonds. The van der Waals surface area contributed by atoms with Gasteiger partial charge in [-0.3, -0.25) is 9.69 Å². The highest BCUT2D eigenvalue weighted by Gasteiger charge is 2.33. The van der Waals surface area contributed by atoms with E-state index in [1.165, 1.54) is 11.8 Å². The summed E-state index contributed by atoms with van der Waals surface area (Å²) in [4.78, 5) is 14.9. The first-order chi connectivity index (χ1) is 11.5. The third kappa shape index (κ3) is 3.59. The lowest BCUT2D eigenvalue weighted by Gasteiger charge is -2.14. The summed E-state index contributed by atoms with van der Waals surface area (Å²) in [5.41, 5.74) is 1.57. The van der Waals surface area contributed by atoms with Crippen molar-refractivity contribution in [2.75, 3.05) is 12.0 Å². The van der Waals surface area contributed by atoms with Gasteiger partial charge in [0.2, 0.25) is 0 Å². The molecule has 122 valence electrons. The van der Waals surface area contributed by atoms with Crippen molar-refractivity contribution in [2.45, 2.75) is 0 Å². The zero-order chi connectivity index (χ0) is 17.3. The Bertz CT molecular complexity index is 867. The number of halogens is 2. The van der Waals surface area contributed by atoms with Gasteiger partial charge in [0.1, 0.15) is 5.75 Å². The van der Waals surface area contributed by atoms with Gasteiger partial charge in [-0.2, -0.15) is 0 Å². The van der Waals surface area contributed by atoms with E-state index in [0.717, 1.165) is 20.2 Å². The van der Waals surface area contributed by atoms with Gasteiger partial charge in [0.05, 0.1) is 17.7 Å². The third-order valence-electron chi connectivity index (χ3n) is 3.34. The molecular formula is C17H11Br2NO2S2.